The first-order valence-corrected chi connectivity index (χ1v) is 7.90. The smallest absolute Gasteiger partial charge is 0.331 e. The van der Waals surface area contributed by atoms with Gasteiger partial charge in [-0.05, 0) is 6.07 Å². The molecular formula is C16H21N5O4. The van der Waals surface area contributed by atoms with Gasteiger partial charge < -0.3 is 14.5 Å². The van der Waals surface area contributed by atoms with Gasteiger partial charge >= 0.3 is 5.69 Å². The molecule has 3 rings (SSSR count). The molecule has 0 aromatic carbocycles. The third-order valence-electron chi connectivity index (χ3n) is 4.06. The molecule has 0 radical (unpaired) electrons. The first kappa shape index (κ1) is 17.2. The molecule has 134 valence electrons. The predicted molar refractivity (Wildman–Crippen MR) is 92.8 cm³/mol. The molecular weight excluding hydrogens is 326 g/mol. The lowest BCUT2D eigenvalue weighted by atomic mass is 10.2. The predicted octanol–water partition coefficient (Wildman–Crippen LogP) is 0.185. The Balaban J connectivity index is 2.22. The summed E-state index contributed by atoms with van der Waals surface area (Å²) in [4.78, 5) is 28.6. The minimum absolute atomic E-state index is 0.193. The number of methoxy groups -OCH3 is 2. The Morgan fingerprint density at radius 2 is 1.80 bits per heavy atom. The minimum Gasteiger partial charge on any atom is -0.383 e. The van der Waals surface area contributed by atoms with Crippen molar-refractivity contribution in [1.29, 1.82) is 0 Å². The molecule has 0 aliphatic heterocycles. The topological polar surface area (TPSA) is 96.1 Å². The van der Waals surface area contributed by atoms with Crippen LogP contribution in [0.5, 0.6) is 0 Å². The van der Waals surface area contributed by atoms with Gasteiger partial charge in [0.15, 0.2) is 0 Å². The molecule has 1 N–H and O–H groups in total. The van der Waals surface area contributed by atoms with Gasteiger partial charge in [0.1, 0.15) is 5.52 Å². The number of hydrogen-bond donors (Lipinski definition) is 1. The highest BCUT2D eigenvalue weighted by Crippen LogP contribution is 2.21. The SMILES string of the molecule is COCCn1c(=O)c2[nH]c(-c3cnn(C)c3)cc2n(CCOC)c1=O. The van der Waals surface area contributed by atoms with Crippen molar-refractivity contribution in [2.24, 2.45) is 7.05 Å². The standard InChI is InChI=1S/C16H21N5O4/c1-19-10-11(9-17-19)12-8-13-14(18-12)15(22)21(5-7-25-3)16(23)20(13)4-6-24-2/h8-10,18H,4-7H2,1-3H3. The molecule has 0 aliphatic rings. The molecule has 0 bridgehead atoms. The molecule has 25 heavy (non-hydrogen) atoms. The molecule has 3 heterocycles. The van der Waals surface area contributed by atoms with E-state index in [0.29, 0.717) is 24.2 Å². The van der Waals surface area contributed by atoms with E-state index in [2.05, 4.69) is 10.1 Å². The molecule has 3 aromatic heterocycles. The zero-order chi connectivity index (χ0) is 18.0. The maximum atomic E-state index is 12.7. The second kappa shape index (κ2) is 7.08. The van der Waals surface area contributed by atoms with Crippen LogP contribution in [0.4, 0.5) is 0 Å². The first-order chi connectivity index (χ1) is 12.1. The Labute approximate surface area is 143 Å². The molecule has 0 fully saturated rings. The number of nitrogens with zero attached hydrogens (tertiary/aromatic N) is 4. The summed E-state index contributed by atoms with van der Waals surface area (Å²) in [6.07, 6.45) is 3.54. The van der Waals surface area contributed by atoms with E-state index < -0.39 is 0 Å². The number of aromatic amines is 1. The zero-order valence-corrected chi connectivity index (χ0v) is 14.5. The van der Waals surface area contributed by atoms with E-state index in [1.807, 2.05) is 13.2 Å². The average molecular weight is 347 g/mol. The van der Waals surface area contributed by atoms with Crippen molar-refractivity contribution in [2.75, 3.05) is 27.4 Å². The summed E-state index contributed by atoms with van der Waals surface area (Å²) in [7, 11) is 4.92. The van der Waals surface area contributed by atoms with E-state index in [1.54, 1.807) is 28.6 Å². The van der Waals surface area contributed by atoms with E-state index in [4.69, 9.17) is 9.47 Å². The summed E-state index contributed by atoms with van der Waals surface area (Å²) in [5.74, 6) is 0. The van der Waals surface area contributed by atoms with E-state index in [1.165, 1.54) is 11.7 Å². The molecule has 9 nitrogen and oxygen atoms in total. The minimum atomic E-state index is -0.372. The average Bonchev–Trinajstić information content (AvgIpc) is 3.21. The van der Waals surface area contributed by atoms with Gasteiger partial charge in [0, 0.05) is 33.0 Å². The third kappa shape index (κ3) is 3.15. The number of nitrogens with one attached hydrogen (secondary N) is 1. The van der Waals surface area contributed by atoms with Crippen LogP contribution in [0.1, 0.15) is 0 Å². The third-order valence-corrected chi connectivity index (χ3v) is 4.06. The van der Waals surface area contributed by atoms with Crippen LogP contribution in [0, 0.1) is 0 Å². The van der Waals surface area contributed by atoms with Crippen molar-refractivity contribution in [3.8, 4) is 11.3 Å². The van der Waals surface area contributed by atoms with Gasteiger partial charge in [0.05, 0.1) is 43.7 Å². The van der Waals surface area contributed by atoms with Crippen molar-refractivity contribution >= 4 is 11.0 Å². The van der Waals surface area contributed by atoms with Gasteiger partial charge in [-0.2, -0.15) is 5.10 Å². The van der Waals surface area contributed by atoms with E-state index >= 15 is 0 Å². The highest BCUT2D eigenvalue weighted by atomic mass is 16.5. The lowest BCUT2D eigenvalue weighted by Gasteiger charge is -2.11. The maximum Gasteiger partial charge on any atom is 0.331 e. The second-order valence-electron chi connectivity index (χ2n) is 5.72. The highest BCUT2D eigenvalue weighted by molar-refractivity contribution is 5.82. The summed E-state index contributed by atoms with van der Waals surface area (Å²) in [6, 6.07) is 1.80. The number of rotatable bonds is 7. The van der Waals surface area contributed by atoms with Gasteiger partial charge in [-0.15, -0.1) is 0 Å². The number of ether oxygens (including phenoxy) is 2. The number of hydrogen-bond acceptors (Lipinski definition) is 5. The molecule has 0 unspecified atom stereocenters. The van der Waals surface area contributed by atoms with Crippen LogP contribution in [0.2, 0.25) is 0 Å². The Kier molecular flexibility index (Phi) is 4.86. The van der Waals surface area contributed by atoms with Crippen molar-refractivity contribution in [1.82, 2.24) is 23.9 Å². The second-order valence-corrected chi connectivity index (χ2v) is 5.72. The van der Waals surface area contributed by atoms with Crippen molar-refractivity contribution < 1.29 is 9.47 Å². The molecule has 0 spiro atoms. The number of aryl methyl sites for hydroxylation is 1. The summed E-state index contributed by atoms with van der Waals surface area (Å²) >= 11 is 0. The van der Waals surface area contributed by atoms with Crippen molar-refractivity contribution in [2.45, 2.75) is 13.1 Å². The number of aromatic nitrogens is 5. The largest absolute Gasteiger partial charge is 0.383 e. The molecule has 0 saturated heterocycles. The summed E-state index contributed by atoms with van der Waals surface area (Å²) < 4.78 is 14.5. The summed E-state index contributed by atoms with van der Waals surface area (Å²) in [6.45, 7) is 1.19. The number of H-pyrrole nitrogens is 1. The quantitative estimate of drug-likeness (QED) is 0.658. The fourth-order valence-electron chi connectivity index (χ4n) is 2.78. The summed E-state index contributed by atoms with van der Waals surface area (Å²) in [5.41, 5.74) is 1.77. The van der Waals surface area contributed by atoms with Crippen LogP contribution in [-0.2, 0) is 29.6 Å². The van der Waals surface area contributed by atoms with E-state index in [0.717, 1.165) is 11.3 Å². The van der Waals surface area contributed by atoms with Crippen molar-refractivity contribution in [3.63, 3.8) is 0 Å². The molecule has 0 saturated carbocycles. The molecule has 0 amide bonds. The fourth-order valence-corrected chi connectivity index (χ4v) is 2.78. The Bertz CT molecular complexity index is 994. The Hall–Kier alpha value is -2.65. The van der Waals surface area contributed by atoms with Gasteiger partial charge in [-0.1, -0.05) is 0 Å². The van der Waals surface area contributed by atoms with E-state index in [-0.39, 0.29) is 24.4 Å². The molecule has 9 heteroatoms. The van der Waals surface area contributed by atoms with Crippen LogP contribution in [-0.4, -0.2) is 51.3 Å². The lowest BCUT2D eigenvalue weighted by Crippen LogP contribution is -2.41. The summed E-state index contributed by atoms with van der Waals surface area (Å²) in [5, 5.41) is 4.14. The maximum absolute atomic E-state index is 12.7. The first-order valence-electron chi connectivity index (χ1n) is 7.90. The van der Waals surface area contributed by atoms with Gasteiger partial charge in [0.25, 0.3) is 5.56 Å². The van der Waals surface area contributed by atoms with Crippen LogP contribution in [0.3, 0.4) is 0 Å². The molecule has 3 aromatic rings. The highest BCUT2D eigenvalue weighted by Gasteiger charge is 2.16. The Morgan fingerprint density at radius 3 is 2.40 bits per heavy atom. The molecule has 0 aliphatic carbocycles. The van der Waals surface area contributed by atoms with Gasteiger partial charge in [0.2, 0.25) is 0 Å². The Morgan fingerprint density at radius 1 is 1.12 bits per heavy atom. The van der Waals surface area contributed by atoms with E-state index in [9.17, 15) is 9.59 Å². The van der Waals surface area contributed by atoms with Crippen LogP contribution in [0.15, 0.2) is 28.0 Å². The van der Waals surface area contributed by atoms with Gasteiger partial charge in [-0.3, -0.25) is 18.6 Å². The van der Waals surface area contributed by atoms with Gasteiger partial charge in [-0.25, -0.2) is 4.79 Å². The number of fused-ring (bicyclic) bond motifs is 1. The van der Waals surface area contributed by atoms with Crippen molar-refractivity contribution in [3.05, 3.63) is 39.3 Å². The fraction of sp³-hybridized carbons (Fsp3) is 0.438. The normalized spacial score (nSPS) is 11.5. The molecule has 0 atom stereocenters. The van der Waals surface area contributed by atoms with Crippen LogP contribution in [0.25, 0.3) is 22.3 Å². The van der Waals surface area contributed by atoms with Crippen LogP contribution < -0.4 is 11.2 Å². The van der Waals surface area contributed by atoms with Crippen LogP contribution >= 0.6 is 0 Å². The zero-order valence-electron chi connectivity index (χ0n) is 14.5. The monoisotopic (exact) mass is 347 g/mol. The lowest BCUT2D eigenvalue weighted by molar-refractivity contribution is 0.179.